The highest BCUT2D eigenvalue weighted by Crippen LogP contribution is 2.23. The molecule has 0 fully saturated rings. The minimum atomic E-state index is -0.646. The summed E-state index contributed by atoms with van der Waals surface area (Å²) < 4.78 is 3.19. The lowest BCUT2D eigenvalue weighted by molar-refractivity contribution is 0.100. The maximum atomic E-state index is 13.6. The molecule has 5 N–H and O–H groups in total. The van der Waals surface area contributed by atoms with Crippen molar-refractivity contribution in [1.82, 2.24) is 19.3 Å². The fourth-order valence-electron chi connectivity index (χ4n) is 4.99. The van der Waals surface area contributed by atoms with Crippen LogP contribution < -0.4 is 17.0 Å². The van der Waals surface area contributed by atoms with E-state index in [0.717, 1.165) is 45.2 Å². The van der Waals surface area contributed by atoms with Gasteiger partial charge in [0.05, 0.1) is 10.9 Å². The van der Waals surface area contributed by atoms with E-state index < -0.39 is 5.91 Å². The molecule has 0 aliphatic carbocycles. The number of H-pyrrole nitrogens is 1. The lowest BCUT2D eigenvalue weighted by atomic mass is 10.0. The molecule has 6 aromatic rings. The van der Waals surface area contributed by atoms with Gasteiger partial charge in [0.25, 0.3) is 11.5 Å². The van der Waals surface area contributed by atoms with Crippen molar-refractivity contribution in [3.05, 3.63) is 130 Å². The van der Waals surface area contributed by atoms with E-state index in [0.29, 0.717) is 11.2 Å². The lowest BCUT2D eigenvalue weighted by Crippen LogP contribution is -2.22. The predicted molar refractivity (Wildman–Crippen MR) is 178 cm³/mol. The summed E-state index contributed by atoms with van der Waals surface area (Å²) in [7, 11) is 1.62. The lowest BCUT2D eigenvalue weighted by Gasteiger charge is -2.14. The third kappa shape index (κ3) is 5.78. The molecule has 9 heteroatoms. The van der Waals surface area contributed by atoms with Crippen LogP contribution in [0.4, 0.5) is 11.6 Å². The molecule has 0 saturated carbocycles. The molecule has 0 bridgehead atoms. The van der Waals surface area contributed by atoms with Gasteiger partial charge in [0.15, 0.2) is 11.6 Å². The molecule has 0 saturated heterocycles. The highest BCUT2D eigenvalue weighted by molar-refractivity contribution is 6.02. The number of nitrogens with two attached hydrogens (primary N) is 2. The van der Waals surface area contributed by atoms with E-state index in [-0.39, 0.29) is 16.9 Å². The first kappa shape index (κ1) is 29.4. The van der Waals surface area contributed by atoms with Gasteiger partial charge in [-0.25, -0.2) is 9.67 Å². The van der Waals surface area contributed by atoms with Crippen LogP contribution in [0, 0.1) is 11.8 Å². The summed E-state index contributed by atoms with van der Waals surface area (Å²) in [6.45, 7) is 5.53. The zero-order chi connectivity index (χ0) is 31.2. The maximum Gasteiger partial charge on any atom is 0.264 e. The number of primary amides is 1. The van der Waals surface area contributed by atoms with E-state index in [1.165, 1.54) is 17.0 Å². The number of allylic oxidation sites excluding steroid dienone is 1. The number of amides is 1. The number of benzene rings is 3. The van der Waals surface area contributed by atoms with E-state index >= 15 is 0 Å². The fourth-order valence-corrected chi connectivity index (χ4v) is 4.99. The summed E-state index contributed by atoms with van der Waals surface area (Å²) in [6.07, 6.45) is 5.60. The van der Waals surface area contributed by atoms with Crippen molar-refractivity contribution in [2.75, 3.05) is 5.73 Å². The first-order valence-electron chi connectivity index (χ1n) is 13.9. The number of rotatable bonds is 5. The monoisotopic (exact) mass is 581 g/mol. The van der Waals surface area contributed by atoms with E-state index in [2.05, 4.69) is 52.6 Å². The van der Waals surface area contributed by atoms with E-state index in [4.69, 9.17) is 11.5 Å². The molecule has 0 unspecified atom stereocenters. The van der Waals surface area contributed by atoms with Gasteiger partial charge in [0, 0.05) is 47.3 Å². The molecule has 6 rings (SSSR count). The number of aromatic nitrogens is 4. The Morgan fingerprint density at radius 2 is 1.77 bits per heavy atom. The number of hydrogen-bond donors (Lipinski definition) is 3. The Kier molecular flexibility index (Phi) is 8.54. The molecule has 0 aliphatic rings. The van der Waals surface area contributed by atoms with Crippen LogP contribution in [-0.4, -0.2) is 31.5 Å². The molecule has 3 heterocycles. The van der Waals surface area contributed by atoms with Crippen LogP contribution in [0.25, 0.3) is 27.4 Å². The van der Waals surface area contributed by atoms with Crippen LogP contribution in [0.2, 0.25) is 0 Å². The number of carbonyl (C=O) groups is 1. The van der Waals surface area contributed by atoms with Gasteiger partial charge in [-0.2, -0.15) is 5.10 Å². The molecule has 0 spiro atoms. The van der Waals surface area contributed by atoms with Crippen LogP contribution in [0.1, 0.15) is 34.1 Å². The molecule has 3 aromatic heterocycles. The van der Waals surface area contributed by atoms with Crippen LogP contribution in [-0.2, 0) is 13.5 Å². The second kappa shape index (κ2) is 12.8. The van der Waals surface area contributed by atoms with Crippen LogP contribution in [0.5, 0.6) is 0 Å². The minimum Gasteiger partial charge on any atom is -0.381 e. The zero-order valence-corrected chi connectivity index (χ0v) is 24.4. The van der Waals surface area contributed by atoms with Crippen LogP contribution in [0.3, 0.4) is 0 Å². The van der Waals surface area contributed by atoms with Crippen molar-refractivity contribution < 1.29 is 4.79 Å². The topological polar surface area (TPSA) is 137 Å². The SMILES string of the molecule is C=C/C=N\c1c(C(N)=O)c(N)nn1C.CCc1cc2cccc(C#Cc3c[nH]c4ccccc34)c2c(=O)n1-c1ccccc1. The number of anilines is 1. The Bertz CT molecular complexity index is 2160. The van der Waals surface area contributed by atoms with Crippen molar-refractivity contribution in [2.24, 2.45) is 17.8 Å². The number of pyridine rings is 1. The molecule has 0 radical (unpaired) electrons. The summed E-state index contributed by atoms with van der Waals surface area (Å²) in [4.78, 5) is 31.8. The Labute approximate surface area is 254 Å². The Hall–Kier alpha value is -6.14. The number of hydrogen-bond acceptors (Lipinski definition) is 5. The second-order valence-corrected chi connectivity index (χ2v) is 9.82. The molecule has 1 amide bonds. The Balaban J connectivity index is 0.000000232. The third-order valence-electron chi connectivity index (χ3n) is 7.01. The van der Waals surface area contributed by atoms with Crippen molar-refractivity contribution in [3.8, 4) is 17.5 Å². The normalized spacial score (nSPS) is 10.8. The quantitative estimate of drug-likeness (QED) is 0.185. The maximum absolute atomic E-state index is 13.6. The second-order valence-electron chi connectivity index (χ2n) is 9.82. The van der Waals surface area contributed by atoms with Gasteiger partial charge in [-0.1, -0.05) is 80.0 Å². The number of aryl methyl sites for hydroxylation is 2. The average Bonchev–Trinajstić information content (AvgIpc) is 3.58. The summed E-state index contributed by atoms with van der Waals surface area (Å²) in [5.41, 5.74) is 15.3. The van der Waals surface area contributed by atoms with Crippen molar-refractivity contribution in [2.45, 2.75) is 13.3 Å². The number of carbonyl (C=O) groups excluding carboxylic acids is 1. The van der Waals surface area contributed by atoms with Gasteiger partial charge >= 0.3 is 0 Å². The van der Waals surface area contributed by atoms with Gasteiger partial charge in [0.1, 0.15) is 5.56 Å². The van der Waals surface area contributed by atoms with E-state index in [9.17, 15) is 9.59 Å². The van der Waals surface area contributed by atoms with Gasteiger partial charge in [-0.15, -0.1) is 0 Å². The number of nitrogens with one attached hydrogen (secondary N) is 1. The molecule has 0 aliphatic heterocycles. The van der Waals surface area contributed by atoms with Crippen molar-refractivity contribution >= 4 is 45.4 Å². The number of nitrogen functional groups attached to an aromatic ring is 1. The van der Waals surface area contributed by atoms with E-state index in [1.807, 2.05) is 72.9 Å². The van der Waals surface area contributed by atoms with Gasteiger partial charge in [-0.05, 0) is 42.1 Å². The molecule has 9 nitrogen and oxygen atoms in total. The van der Waals surface area contributed by atoms with Crippen molar-refractivity contribution in [3.63, 3.8) is 0 Å². The Morgan fingerprint density at radius 3 is 2.50 bits per heavy atom. The standard InChI is InChI=1S/C27H20N2O.C8H11N5O/c1-2-22-17-20-10-8-9-19(15-16-21-18-28-25-14-7-6-13-24(21)25)26(20)27(30)29(22)23-11-4-3-5-12-23;1-3-4-11-8-5(7(10)14)6(9)12-13(8)2/h3-14,17-18,28H,2H2,1H3;3-4H,1H2,2H3,(H2,9,12)(H2,10,14)/b;11-4-. The first-order chi connectivity index (χ1) is 21.3. The number of nitrogens with zero attached hydrogens (tertiary/aromatic N) is 4. The Morgan fingerprint density at radius 1 is 1.05 bits per heavy atom. The number of aliphatic imine (C=N–C) groups is 1. The summed E-state index contributed by atoms with van der Waals surface area (Å²) in [5.74, 6) is 6.28. The number of fused-ring (bicyclic) bond motifs is 2. The molecule has 3 aromatic carbocycles. The highest BCUT2D eigenvalue weighted by atomic mass is 16.1. The zero-order valence-electron chi connectivity index (χ0n) is 24.4. The van der Waals surface area contributed by atoms with Crippen LogP contribution in [0.15, 0.2) is 108 Å². The number of aromatic amines is 1. The van der Waals surface area contributed by atoms with Gasteiger partial charge in [-0.3, -0.25) is 14.2 Å². The number of para-hydroxylation sites is 2. The van der Waals surface area contributed by atoms with Gasteiger partial charge in [0.2, 0.25) is 0 Å². The summed E-state index contributed by atoms with van der Waals surface area (Å²) in [6, 6.07) is 25.9. The molecular weight excluding hydrogens is 550 g/mol. The summed E-state index contributed by atoms with van der Waals surface area (Å²) in [5, 5.41) is 6.50. The highest BCUT2D eigenvalue weighted by Gasteiger charge is 2.17. The van der Waals surface area contributed by atoms with Crippen molar-refractivity contribution in [1.29, 1.82) is 0 Å². The smallest absolute Gasteiger partial charge is 0.264 e. The summed E-state index contributed by atoms with van der Waals surface area (Å²) >= 11 is 0. The fraction of sp³-hybridized carbons (Fsp3) is 0.0857. The predicted octanol–water partition coefficient (Wildman–Crippen LogP) is 5.42. The third-order valence-corrected chi connectivity index (χ3v) is 7.01. The molecule has 218 valence electrons. The van der Waals surface area contributed by atoms with E-state index in [1.54, 1.807) is 11.6 Å². The molecular formula is C35H31N7O2. The van der Waals surface area contributed by atoms with Crippen LogP contribution >= 0.6 is 0 Å². The average molecular weight is 582 g/mol. The first-order valence-corrected chi connectivity index (χ1v) is 13.9. The largest absolute Gasteiger partial charge is 0.381 e. The molecule has 0 atom stereocenters. The molecule has 44 heavy (non-hydrogen) atoms. The minimum absolute atomic E-state index is 0.0284. The van der Waals surface area contributed by atoms with Gasteiger partial charge < -0.3 is 16.5 Å².